The fourth-order valence-electron chi connectivity index (χ4n) is 4.57. The van der Waals surface area contributed by atoms with Crippen molar-refractivity contribution in [1.29, 1.82) is 0 Å². The third-order valence-corrected chi connectivity index (χ3v) is 7.84. The molecule has 184 valence electrons. The number of furan rings is 1. The Balaban J connectivity index is 1.52. The van der Waals surface area contributed by atoms with E-state index in [1.807, 2.05) is 6.07 Å². The molecule has 3 aromatic rings. The number of halogens is 1. The molecule has 5 rings (SSSR count). The minimum absolute atomic E-state index is 0.0130. The van der Waals surface area contributed by atoms with Gasteiger partial charge < -0.3 is 19.4 Å². The lowest BCUT2D eigenvalue weighted by Gasteiger charge is -2.14. The number of carbonyl (C=O) groups excluding carboxylic acids is 1. The van der Waals surface area contributed by atoms with Crippen molar-refractivity contribution >= 4 is 39.7 Å². The zero-order chi connectivity index (χ0) is 24.7. The van der Waals surface area contributed by atoms with Crippen molar-refractivity contribution in [2.45, 2.75) is 31.5 Å². The van der Waals surface area contributed by atoms with Crippen LogP contribution < -0.4 is 10.0 Å². The summed E-state index contributed by atoms with van der Waals surface area (Å²) in [6.45, 7) is 0.341. The Hall–Kier alpha value is -2.89. The summed E-state index contributed by atoms with van der Waals surface area (Å²) in [5.74, 6) is -0.550. The van der Waals surface area contributed by atoms with E-state index in [4.69, 9.17) is 9.07 Å². The molecule has 11 heteroatoms. The molecule has 2 aliphatic rings. The highest BCUT2D eigenvalue weighted by atomic mass is 32.2. The van der Waals surface area contributed by atoms with Gasteiger partial charge in [0.1, 0.15) is 17.2 Å². The summed E-state index contributed by atoms with van der Waals surface area (Å²) < 4.78 is 53.6. The van der Waals surface area contributed by atoms with Crippen LogP contribution in [0.25, 0.3) is 22.3 Å². The van der Waals surface area contributed by atoms with E-state index in [1.165, 1.54) is 25.2 Å². The highest BCUT2D eigenvalue weighted by Crippen LogP contribution is 2.47. The third kappa shape index (κ3) is 5.07. The van der Waals surface area contributed by atoms with Crippen LogP contribution in [-0.4, -0.2) is 45.9 Å². The number of nitrogens with one attached hydrogen (secondary N) is 2. The highest BCUT2D eigenvalue weighted by Gasteiger charge is 2.32. The maximum Gasteiger partial charge on any atom is 0.454 e. The summed E-state index contributed by atoms with van der Waals surface area (Å²) in [7, 11) is -3.00. The largest absolute Gasteiger partial charge is 0.455 e. The van der Waals surface area contributed by atoms with Crippen LogP contribution in [0.5, 0.6) is 0 Å². The molecule has 0 spiro atoms. The maximum absolute atomic E-state index is 13.9. The van der Waals surface area contributed by atoms with Crippen molar-refractivity contribution in [1.82, 2.24) is 5.32 Å². The summed E-state index contributed by atoms with van der Waals surface area (Å²) >= 11 is 0. The van der Waals surface area contributed by atoms with Crippen LogP contribution in [-0.2, 0) is 14.7 Å². The first-order valence-electron chi connectivity index (χ1n) is 11.6. The van der Waals surface area contributed by atoms with Gasteiger partial charge in [0.15, 0.2) is 0 Å². The molecular weight excluding hydrogens is 474 g/mol. The summed E-state index contributed by atoms with van der Waals surface area (Å²) in [6.07, 6.45) is 2.63. The van der Waals surface area contributed by atoms with Crippen LogP contribution in [0.15, 0.2) is 40.8 Å². The smallest absolute Gasteiger partial charge is 0.454 e. The van der Waals surface area contributed by atoms with Gasteiger partial charge in [-0.15, -0.1) is 0 Å². The molecule has 2 heterocycles. The first-order valence-corrected chi connectivity index (χ1v) is 13.3. The number of carbonyl (C=O) groups is 1. The second kappa shape index (κ2) is 9.29. The molecule has 2 aromatic carbocycles. The minimum Gasteiger partial charge on any atom is -0.455 e. The van der Waals surface area contributed by atoms with E-state index >= 15 is 0 Å². The third-order valence-electron chi connectivity index (χ3n) is 6.54. The summed E-state index contributed by atoms with van der Waals surface area (Å²) in [4.78, 5) is 12.8. The Morgan fingerprint density at radius 1 is 1.26 bits per heavy atom. The lowest BCUT2D eigenvalue weighted by molar-refractivity contribution is 0.0964. The van der Waals surface area contributed by atoms with Crippen molar-refractivity contribution in [2.24, 2.45) is 5.92 Å². The molecule has 3 N–H and O–H groups in total. The molecule has 1 saturated heterocycles. The van der Waals surface area contributed by atoms with Crippen LogP contribution in [0, 0.1) is 11.7 Å². The number of hydrogen-bond donors (Lipinski definition) is 3. The first-order chi connectivity index (χ1) is 16.7. The Morgan fingerprint density at radius 3 is 2.71 bits per heavy atom. The van der Waals surface area contributed by atoms with Gasteiger partial charge in [0.25, 0.3) is 5.91 Å². The zero-order valence-corrected chi connectivity index (χ0v) is 20.0. The number of benzene rings is 2. The molecule has 1 aliphatic heterocycles. The second-order valence-electron chi connectivity index (χ2n) is 9.20. The molecule has 0 bridgehead atoms. The predicted molar refractivity (Wildman–Crippen MR) is 131 cm³/mol. The van der Waals surface area contributed by atoms with Crippen LogP contribution >= 0.6 is 0 Å². The molecule has 1 aromatic heterocycles. The summed E-state index contributed by atoms with van der Waals surface area (Å²) in [5.41, 5.74) is 2.25. The van der Waals surface area contributed by atoms with Gasteiger partial charge in [0.05, 0.1) is 17.0 Å². The lowest BCUT2D eigenvalue weighted by atomic mass is 9.81. The van der Waals surface area contributed by atoms with E-state index in [0.717, 1.165) is 18.4 Å². The van der Waals surface area contributed by atoms with Crippen LogP contribution in [0.2, 0.25) is 6.32 Å². The predicted octanol–water partition coefficient (Wildman–Crippen LogP) is 3.73. The minimum atomic E-state index is -3.68. The topological polar surface area (TPSA) is 118 Å². The van der Waals surface area contributed by atoms with Gasteiger partial charge >= 0.3 is 7.12 Å². The van der Waals surface area contributed by atoms with Gasteiger partial charge in [-0.3, -0.25) is 9.52 Å². The van der Waals surface area contributed by atoms with E-state index < -0.39 is 23.0 Å². The standard InChI is InChI=1S/C24H26BFN2O6S/c1-27-24(29)22-19-10-18(15-5-6-15)20(28-35(31,32)8-7-14-12-25(30)33-13-14)11-21(19)34-23(22)16-3-2-4-17(26)9-16/h2-4,9-11,14-15,28,30H,5-8,12-13H2,1H3,(H,27,29). The quantitative estimate of drug-likeness (QED) is 0.406. The van der Waals surface area contributed by atoms with Gasteiger partial charge in [0, 0.05) is 30.7 Å². The second-order valence-corrected chi connectivity index (χ2v) is 11.0. The summed E-state index contributed by atoms with van der Waals surface area (Å²) in [6, 6.07) is 9.21. The first kappa shape index (κ1) is 23.8. The molecule has 1 aliphatic carbocycles. The lowest BCUT2D eigenvalue weighted by Crippen LogP contribution is -2.20. The van der Waals surface area contributed by atoms with Gasteiger partial charge in [-0.25, -0.2) is 12.8 Å². The van der Waals surface area contributed by atoms with Crippen LogP contribution in [0.1, 0.15) is 41.1 Å². The van der Waals surface area contributed by atoms with Gasteiger partial charge in [-0.05, 0) is 61.2 Å². The monoisotopic (exact) mass is 500 g/mol. The average molecular weight is 500 g/mol. The van der Waals surface area contributed by atoms with Crippen molar-refractivity contribution in [3.63, 3.8) is 0 Å². The van der Waals surface area contributed by atoms with Gasteiger partial charge in [-0.2, -0.15) is 0 Å². The molecule has 1 amide bonds. The van der Waals surface area contributed by atoms with E-state index in [0.29, 0.717) is 41.6 Å². The Kier molecular flexibility index (Phi) is 6.33. The SMILES string of the molecule is CNC(=O)c1c(-c2cccc(F)c2)oc2cc(NS(=O)(=O)CCC3COB(O)C3)c(C3CC3)cc12. The summed E-state index contributed by atoms with van der Waals surface area (Å²) in [5, 5.41) is 12.7. The zero-order valence-electron chi connectivity index (χ0n) is 19.2. The van der Waals surface area contributed by atoms with E-state index in [2.05, 4.69) is 10.0 Å². The Morgan fingerprint density at radius 2 is 2.06 bits per heavy atom. The van der Waals surface area contributed by atoms with Crippen LogP contribution in [0.3, 0.4) is 0 Å². The van der Waals surface area contributed by atoms with Crippen molar-refractivity contribution < 1.29 is 31.7 Å². The van der Waals surface area contributed by atoms with Gasteiger partial charge in [0.2, 0.25) is 10.0 Å². The molecular formula is C24H26BFN2O6S. The maximum atomic E-state index is 13.9. The number of sulfonamides is 1. The number of rotatable bonds is 8. The van der Waals surface area contributed by atoms with Crippen molar-refractivity contribution in [2.75, 3.05) is 24.1 Å². The number of amides is 1. The number of anilines is 1. The van der Waals surface area contributed by atoms with Crippen molar-refractivity contribution in [3.8, 4) is 11.3 Å². The number of hydrogen-bond acceptors (Lipinski definition) is 6. The molecule has 0 radical (unpaired) electrons. The van der Waals surface area contributed by atoms with Gasteiger partial charge in [-0.1, -0.05) is 12.1 Å². The molecule has 2 fully saturated rings. The Labute approximate surface area is 203 Å². The average Bonchev–Trinajstić information content (AvgIpc) is 3.47. The fourth-order valence-corrected chi connectivity index (χ4v) is 5.83. The van der Waals surface area contributed by atoms with E-state index in [1.54, 1.807) is 12.1 Å². The molecule has 8 nitrogen and oxygen atoms in total. The Bertz CT molecular complexity index is 1390. The normalized spacial score (nSPS) is 18.3. The fraction of sp³-hybridized carbons (Fsp3) is 0.375. The molecule has 35 heavy (non-hydrogen) atoms. The van der Waals surface area contributed by atoms with Crippen LogP contribution in [0.4, 0.5) is 10.1 Å². The van der Waals surface area contributed by atoms with E-state index in [9.17, 15) is 22.6 Å². The van der Waals surface area contributed by atoms with Crippen molar-refractivity contribution in [3.05, 3.63) is 53.3 Å². The number of fused-ring (bicyclic) bond motifs is 1. The molecule has 1 unspecified atom stereocenters. The van der Waals surface area contributed by atoms with E-state index in [-0.39, 0.29) is 34.8 Å². The molecule has 1 atom stereocenters. The highest BCUT2D eigenvalue weighted by molar-refractivity contribution is 7.92. The molecule has 1 saturated carbocycles.